The SMILES string of the molecule is COc1ccc(/C=C(/C#N)C(=O)Nc2ccc(C34CC5CC(CC(C5)C3)C4)cc2)cc1. The van der Waals surface area contributed by atoms with Crippen LogP contribution in [0.2, 0.25) is 0 Å². The second kappa shape index (κ2) is 7.89. The zero-order chi connectivity index (χ0) is 21.4. The first kappa shape index (κ1) is 19.9. The molecule has 0 heterocycles. The molecule has 0 spiro atoms. The molecule has 2 aromatic carbocycles. The van der Waals surface area contributed by atoms with Gasteiger partial charge in [-0.15, -0.1) is 0 Å². The molecule has 2 aromatic rings. The summed E-state index contributed by atoms with van der Waals surface area (Å²) in [4.78, 5) is 12.7. The molecule has 0 aliphatic heterocycles. The normalized spacial score (nSPS) is 28.8. The molecule has 4 bridgehead atoms. The third kappa shape index (κ3) is 3.85. The lowest BCUT2D eigenvalue weighted by Gasteiger charge is -2.57. The van der Waals surface area contributed by atoms with Crippen LogP contribution < -0.4 is 10.1 Å². The van der Waals surface area contributed by atoms with Crippen molar-refractivity contribution in [1.29, 1.82) is 5.26 Å². The van der Waals surface area contributed by atoms with E-state index < -0.39 is 0 Å². The van der Waals surface area contributed by atoms with E-state index in [1.165, 1.54) is 44.1 Å². The first-order valence-corrected chi connectivity index (χ1v) is 11.2. The van der Waals surface area contributed by atoms with Crippen LogP contribution >= 0.6 is 0 Å². The summed E-state index contributed by atoms with van der Waals surface area (Å²) in [6.07, 6.45) is 9.88. The molecule has 0 atom stereocenters. The minimum atomic E-state index is -0.388. The summed E-state index contributed by atoms with van der Waals surface area (Å²) in [5, 5.41) is 12.4. The summed E-state index contributed by atoms with van der Waals surface area (Å²) in [6.45, 7) is 0. The number of anilines is 1. The Morgan fingerprint density at radius 3 is 2.10 bits per heavy atom. The molecule has 4 fully saturated rings. The molecular weight excluding hydrogens is 384 g/mol. The van der Waals surface area contributed by atoms with Gasteiger partial charge in [0.2, 0.25) is 0 Å². The number of nitrogens with one attached hydrogen (secondary N) is 1. The lowest BCUT2D eigenvalue weighted by atomic mass is 9.48. The molecule has 158 valence electrons. The lowest BCUT2D eigenvalue weighted by Crippen LogP contribution is -2.48. The molecular formula is C27H28N2O2. The zero-order valence-corrected chi connectivity index (χ0v) is 17.9. The predicted octanol–water partition coefficient (Wildman–Crippen LogP) is 5.71. The van der Waals surface area contributed by atoms with Crippen LogP contribution in [-0.2, 0) is 10.2 Å². The van der Waals surface area contributed by atoms with E-state index in [1.807, 2.05) is 42.5 Å². The molecule has 4 aliphatic carbocycles. The quantitative estimate of drug-likeness (QED) is 0.505. The number of hydrogen-bond donors (Lipinski definition) is 1. The van der Waals surface area contributed by atoms with Crippen molar-refractivity contribution >= 4 is 17.7 Å². The molecule has 0 radical (unpaired) electrons. The number of carbonyl (C=O) groups excluding carboxylic acids is 1. The maximum atomic E-state index is 12.7. The summed E-state index contributed by atoms with van der Waals surface area (Å²) in [7, 11) is 1.60. The van der Waals surface area contributed by atoms with E-state index in [-0.39, 0.29) is 11.5 Å². The number of hydrogen-bond acceptors (Lipinski definition) is 3. The van der Waals surface area contributed by atoms with Crippen LogP contribution in [0.15, 0.2) is 54.1 Å². The topological polar surface area (TPSA) is 62.1 Å². The van der Waals surface area contributed by atoms with Gasteiger partial charge >= 0.3 is 0 Å². The fourth-order valence-electron chi connectivity index (χ4n) is 6.59. The molecule has 4 heteroatoms. The van der Waals surface area contributed by atoms with Gasteiger partial charge in [0, 0.05) is 5.69 Å². The summed E-state index contributed by atoms with van der Waals surface area (Å²) in [5.41, 5.74) is 3.37. The monoisotopic (exact) mass is 412 g/mol. The molecule has 4 nitrogen and oxygen atoms in total. The Hall–Kier alpha value is -3.06. The summed E-state index contributed by atoms with van der Waals surface area (Å²) < 4.78 is 5.15. The van der Waals surface area contributed by atoms with Crippen LogP contribution in [0.3, 0.4) is 0 Å². The largest absolute Gasteiger partial charge is 0.497 e. The van der Waals surface area contributed by atoms with Gasteiger partial charge in [-0.25, -0.2) is 0 Å². The zero-order valence-electron chi connectivity index (χ0n) is 17.9. The Kier molecular flexibility index (Phi) is 5.06. The van der Waals surface area contributed by atoms with E-state index in [0.717, 1.165) is 34.8 Å². The number of rotatable bonds is 5. The highest BCUT2D eigenvalue weighted by molar-refractivity contribution is 6.09. The van der Waals surface area contributed by atoms with Gasteiger partial charge in [-0.1, -0.05) is 24.3 Å². The standard InChI is InChI=1S/C27H28N2O2/c1-31-25-8-2-18(3-9-25)13-22(17-28)26(30)29-24-6-4-23(5-7-24)27-14-19-10-20(15-27)12-21(11-19)16-27/h2-9,13,19-21H,10-12,14-16H2,1H3,(H,29,30)/b22-13-. The number of carbonyl (C=O) groups is 1. The molecule has 31 heavy (non-hydrogen) atoms. The molecule has 0 aromatic heterocycles. The predicted molar refractivity (Wildman–Crippen MR) is 122 cm³/mol. The summed E-state index contributed by atoms with van der Waals surface area (Å²) >= 11 is 0. The van der Waals surface area contributed by atoms with Crippen molar-refractivity contribution in [3.8, 4) is 11.8 Å². The van der Waals surface area contributed by atoms with E-state index in [4.69, 9.17) is 4.74 Å². The average molecular weight is 413 g/mol. The molecule has 1 N–H and O–H groups in total. The van der Waals surface area contributed by atoms with Crippen molar-refractivity contribution in [2.24, 2.45) is 17.8 Å². The van der Waals surface area contributed by atoms with Gasteiger partial charge in [0.05, 0.1) is 7.11 Å². The molecule has 1 amide bonds. The van der Waals surface area contributed by atoms with Crippen molar-refractivity contribution in [1.82, 2.24) is 0 Å². The first-order valence-electron chi connectivity index (χ1n) is 11.2. The lowest BCUT2D eigenvalue weighted by molar-refractivity contribution is -0.112. The van der Waals surface area contributed by atoms with Gasteiger partial charge in [0.1, 0.15) is 17.4 Å². The van der Waals surface area contributed by atoms with E-state index in [1.54, 1.807) is 13.2 Å². The van der Waals surface area contributed by atoms with E-state index in [2.05, 4.69) is 17.4 Å². The highest BCUT2D eigenvalue weighted by atomic mass is 16.5. The van der Waals surface area contributed by atoms with Gasteiger partial charge in [-0.05, 0) is 103 Å². The number of benzene rings is 2. The first-order chi connectivity index (χ1) is 15.1. The van der Waals surface area contributed by atoms with Gasteiger partial charge < -0.3 is 10.1 Å². The van der Waals surface area contributed by atoms with Gasteiger partial charge in [0.25, 0.3) is 5.91 Å². The van der Waals surface area contributed by atoms with Crippen molar-refractivity contribution in [3.63, 3.8) is 0 Å². The maximum Gasteiger partial charge on any atom is 0.266 e. The number of methoxy groups -OCH3 is 1. The molecule has 0 unspecified atom stereocenters. The van der Waals surface area contributed by atoms with Crippen LogP contribution in [0.25, 0.3) is 6.08 Å². The molecule has 6 rings (SSSR count). The number of amides is 1. The minimum Gasteiger partial charge on any atom is -0.497 e. The Bertz CT molecular complexity index is 1010. The summed E-state index contributed by atoms with van der Waals surface area (Å²) in [6, 6.07) is 17.7. The molecule has 4 saturated carbocycles. The average Bonchev–Trinajstić information content (AvgIpc) is 2.77. The van der Waals surface area contributed by atoms with Crippen molar-refractivity contribution in [2.45, 2.75) is 43.9 Å². The number of nitrogens with zero attached hydrogens (tertiary/aromatic N) is 1. The van der Waals surface area contributed by atoms with Gasteiger partial charge in [-0.3, -0.25) is 4.79 Å². The molecule has 0 saturated heterocycles. The Balaban J connectivity index is 1.29. The highest BCUT2D eigenvalue weighted by Crippen LogP contribution is 2.60. The van der Waals surface area contributed by atoms with Crippen LogP contribution in [0.5, 0.6) is 5.75 Å². The third-order valence-corrected chi connectivity index (χ3v) is 7.59. The Labute approximate surface area is 183 Å². The Morgan fingerprint density at radius 1 is 1.00 bits per heavy atom. The van der Waals surface area contributed by atoms with Crippen LogP contribution in [-0.4, -0.2) is 13.0 Å². The van der Waals surface area contributed by atoms with Crippen molar-refractivity contribution < 1.29 is 9.53 Å². The third-order valence-electron chi connectivity index (χ3n) is 7.59. The minimum absolute atomic E-state index is 0.0790. The van der Waals surface area contributed by atoms with E-state index >= 15 is 0 Å². The second-order valence-electron chi connectivity index (χ2n) is 9.67. The molecule has 4 aliphatic rings. The maximum absolute atomic E-state index is 12.7. The van der Waals surface area contributed by atoms with Gasteiger partial charge in [0.15, 0.2) is 0 Å². The highest BCUT2D eigenvalue weighted by Gasteiger charge is 2.51. The van der Waals surface area contributed by atoms with E-state index in [0.29, 0.717) is 5.41 Å². The van der Waals surface area contributed by atoms with Crippen LogP contribution in [0.1, 0.15) is 49.7 Å². The fourth-order valence-corrected chi connectivity index (χ4v) is 6.59. The number of ether oxygens (including phenoxy) is 1. The van der Waals surface area contributed by atoms with Crippen LogP contribution in [0, 0.1) is 29.1 Å². The second-order valence-corrected chi connectivity index (χ2v) is 9.67. The van der Waals surface area contributed by atoms with E-state index in [9.17, 15) is 10.1 Å². The van der Waals surface area contributed by atoms with Crippen molar-refractivity contribution in [2.75, 3.05) is 12.4 Å². The van der Waals surface area contributed by atoms with Crippen LogP contribution in [0.4, 0.5) is 5.69 Å². The summed E-state index contributed by atoms with van der Waals surface area (Å²) in [5.74, 6) is 3.07. The fraction of sp³-hybridized carbons (Fsp3) is 0.407. The van der Waals surface area contributed by atoms with Crippen molar-refractivity contribution in [3.05, 3.63) is 65.2 Å². The number of nitriles is 1. The Morgan fingerprint density at radius 2 is 1.58 bits per heavy atom. The smallest absolute Gasteiger partial charge is 0.266 e. The van der Waals surface area contributed by atoms with Gasteiger partial charge in [-0.2, -0.15) is 5.26 Å².